The summed E-state index contributed by atoms with van der Waals surface area (Å²) in [4.78, 5) is 11.9. The van der Waals surface area contributed by atoms with Gasteiger partial charge in [0.05, 0.1) is 14.2 Å². The first-order valence-electron chi connectivity index (χ1n) is 7.45. The van der Waals surface area contributed by atoms with Crippen molar-refractivity contribution in [1.29, 1.82) is 0 Å². The summed E-state index contributed by atoms with van der Waals surface area (Å²) in [7, 11) is 3.20. The number of hydrogen-bond acceptors (Lipinski definition) is 3. The molecule has 4 nitrogen and oxygen atoms in total. The highest BCUT2D eigenvalue weighted by Gasteiger charge is 2.03. The lowest BCUT2D eigenvalue weighted by Crippen LogP contribution is -2.23. The second kappa shape index (κ2) is 8.63. The van der Waals surface area contributed by atoms with Gasteiger partial charge in [0.15, 0.2) is 0 Å². The van der Waals surface area contributed by atoms with E-state index >= 15 is 0 Å². The van der Waals surface area contributed by atoms with Gasteiger partial charge in [-0.05, 0) is 36.3 Å². The summed E-state index contributed by atoms with van der Waals surface area (Å²) in [5.74, 6) is 1.28. The zero-order valence-electron chi connectivity index (χ0n) is 13.4. The zero-order chi connectivity index (χ0) is 16.5. The molecule has 1 N–H and O–H groups in total. The molecular formula is C19H21NO3. The van der Waals surface area contributed by atoms with Crippen molar-refractivity contribution in [3.63, 3.8) is 0 Å². The molecule has 0 unspecified atom stereocenters. The van der Waals surface area contributed by atoms with Gasteiger partial charge in [-0.15, -0.1) is 0 Å². The Morgan fingerprint density at radius 1 is 1.09 bits per heavy atom. The van der Waals surface area contributed by atoms with Crippen LogP contribution in [0.15, 0.2) is 54.6 Å². The van der Waals surface area contributed by atoms with Gasteiger partial charge in [-0.3, -0.25) is 4.79 Å². The van der Waals surface area contributed by atoms with E-state index in [9.17, 15) is 4.79 Å². The molecule has 0 saturated carbocycles. The zero-order valence-corrected chi connectivity index (χ0v) is 13.4. The summed E-state index contributed by atoms with van der Waals surface area (Å²) in [6.45, 7) is 0.600. The molecule has 0 heterocycles. The molecular weight excluding hydrogens is 290 g/mol. The molecule has 0 aliphatic heterocycles. The van der Waals surface area contributed by atoms with Crippen LogP contribution < -0.4 is 14.8 Å². The number of amides is 1. The Kier molecular flexibility index (Phi) is 6.24. The fourth-order valence-electron chi connectivity index (χ4n) is 2.17. The first-order chi connectivity index (χ1) is 11.2. The number of ether oxygens (including phenoxy) is 2. The molecule has 0 fully saturated rings. The minimum absolute atomic E-state index is 0.134. The van der Waals surface area contributed by atoms with Gasteiger partial charge in [-0.25, -0.2) is 0 Å². The van der Waals surface area contributed by atoms with E-state index in [1.165, 1.54) is 11.6 Å². The van der Waals surface area contributed by atoms with Crippen molar-refractivity contribution in [2.45, 2.75) is 6.42 Å². The third kappa shape index (κ3) is 5.18. The standard InChI is InChI=1S/C19H21NO3/c1-22-17-9-10-18(23-2)16(14-17)8-11-19(21)20-13-12-15-6-4-3-5-7-15/h3-11,14H,12-13H2,1-2H3,(H,20,21)/b11-8+. The maximum absolute atomic E-state index is 11.9. The van der Waals surface area contributed by atoms with E-state index in [0.717, 1.165) is 17.7 Å². The predicted molar refractivity (Wildman–Crippen MR) is 91.7 cm³/mol. The van der Waals surface area contributed by atoms with Gasteiger partial charge in [0.1, 0.15) is 11.5 Å². The van der Waals surface area contributed by atoms with Gasteiger partial charge in [-0.2, -0.15) is 0 Å². The topological polar surface area (TPSA) is 47.6 Å². The quantitative estimate of drug-likeness (QED) is 0.799. The fourth-order valence-corrected chi connectivity index (χ4v) is 2.17. The largest absolute Gasteiger partial charge is 0.497 e. The van der Waals surface area contributed by atoms with Crippen molar-refractivity contribution in [3.05, 3.63) is 65.7 Å². The molecule has 2 rings (SSSR count). The number of benzene rings is 2. The van der Waals surface area contributed by atoms with Crippen LogP contribution in [0.3, 0.4) is 0 Å². The van der Waals surface area contributed by atoms with Crippen LogP contribution in [0.4, 0.5) is 0 Å². The number of nitrogens with one attached hydrogen (secondary N) is 1. The van der Waals surface area contributed by atoms with Gasteiger partial charge >= 0.3 is 0 Å². The molecule has 120 valence electrons. The van der Waals surface area contributed by atoms with Crippen molar-refractivity contribution in [2.75, 3.05) is 20.8 Å². The maximum atomic E-state index is 11.9. The SMILES string of the molecule is COc1ccc(OC)c(/C=C/C(=O)NCCc2ccccc2)c1. The Morgan fingerprint density at radius 3 is 2.57 bits per heavy atom. The van der Waals surface area contributed by atoms with E-state index in [0.29, 0.717) is 12.3 Å². The molecule has 4 heteroatoms. The highest BCUT2D eigenvalue weighted by Crippen LogP contribution is 2.24. The Balaban J connectivity index is 1.90. The second-order valence-electron chi connectivity index (χ2n) is 4.97. The number of carbonyl (C=O) groups excluding carboxylic acids is 1. The van der Waals surface area contributed by atoms with Crippen molar-refractivity contribution in [3.8, 4) is 11.5 Å². The average molecular weight is 311 g/mol. The van der Waals surface area contributed by atoms with Gasteiger partial charge in [-0.1, -0.05) is 30.3 Å². The van der Waals surface area contributed by atoms with E-state index in [1.54, 1.807) is 20.3 Å². The number of hydrogen-bond donors (Lipinski definition) is 1. The summed E-state index contributed by atoms with van der Waals surface area (Å²) >= 11 is 0. The molecule has 23 heavy (non-hydrogen) atoms. The molecule has 0 aliphatic carbocycles. The van der Waals surface area contributed by atoms with Gasteiger partial charge in [0.2, 0.25) is 5.91 Å². The lowest BCUT2D eigenvalue weighted by Gasteiger charge is -2.07. The summed E-state index contributed by atoms with van der Waals surface area (Å²) in [6.07, 6.45) is 4.03. The molecule has 2 aromatic rings. The smallest absolute Gasteiger partial charge is 0.244 e. The molecule has 2 aromatic carbocycles. The summed E-state index contributed by atoms with van der Waals surface area (Å²) in [6, 6.07) is 15.5. The highest BCUT2D eigenvalue weighted by molar-refractivity contribution is 5.92. The third-order valence-electron chi connectivity index (χ3n) is 3.41. The molecule has 0 saturated heterocycles. The fraction of sp³-hybridized carbons (Fsp3) is 0.211. The Hall–Kier alpha value is -2.75. The molecule has 0 spiro atoms. The molecule has 0 radical (unpaired) electrons. The molecule has 0 aromatic heterocycles. The number of carbonyl (C=O) groups is 1. The Labute approximate surface area is 136 Å². The Bertz CT molecular complexity index is 666. The van der Waals surface area contributed by atoms with Gasteiger partial charge < -0.3 is 14.8 Å². The molecule has 0 bridgehead atoms. The maximum Gasteiger partial charge on any atom is 0.244 e. The highest BCUT2D eigenvalue weighted by atomic mass is 16.5. The van der Waals surface area contributed by atoms with Crippen LogP contribution in [-0.2, 0) is 11.2 Å². The van der Waals surface area contributed by atoms with E-state index in [4.69, 9.17) is 9.47 Å². The number of rotatable bonds is 7. The summed E-state index contributed by atoms with van der Waals surface area (Å²) in [5, 5.41) is 2.87. The van der Waals surface area contributed by atoms with Crippen LogP contribution >= 0.6 is 0 Å². The lowest BCUT2D eigenvalue weighted by atomic mass is 10.1. The van der Waals surface area contributed by atoms with E-state index < -0.39 is 0 Å². The van der Waals surface area contributed by atoms with Gasteiger partial charge in [0, 0.05) is 18.2 Å². The molecule has 0 atom stereocenters. The molecule has 1 amide bonds. The average Bonchev–Trinajstić information content (AvgIpc) is 2.60. The van der Waals surface area contributed by atoms with Crippen LogP contribution in [0.5, 0.6) is 11.5 Å². The van der Waals surface area contributed by atoms with E-state index in [2.05, 4.69) is 5.32 Å². The minimum Gasteiger partial charge on any atom is -0.497 e. The molecule has 0 aliphatic rings. The predicted octanol–water partition coefficient (Wildman–Crippen LogP) is 3.08. The van der Waals surface area contributed by atoms with E-state index in [-0.39, 0.29) is 5.91 Å². The Morgan fingerprint density at radius 2 is 1.87 bits per heavy atom. The van der Waals surface area contributed by atoms with Crippen molar-refractivity contribution in [1.82, 2.24) is 5.32 Å². The van der Waals surface area contributed by atoms with Gasteiger partial charge in [0.25, 0.3) is 0 Å². The normalized spacial score (nSPS) is 10.5. The second-order valence-corrected chi connectivity index (χ2v) is 4.97. The van der Waals surface area contributed by atoms with E-state index in [1.807, 2.05) is 48.5 Å². The monoisotopic (exact) mass is 311 g/mol. The lowest BCUT2D eigenvalue weighted by molar-refractivity contribution is -0.116. The summed E-state index contributed by atoms with van der Waals surface area (Å²) < 4.78 is 10.5. The minimum atomic E-state index is -0.134. The van der Waals surface area contributed by atoms with Crippen molar-refractivity contribution < 1.29 is 14.3 Å². The first-order valence-corrected chi connectivity index (χ1v) is 7.45. The van der Waals surface area contributed by atoms with Crippen LogP contribution in [0.25, 0.3) is 6.08 Å². The third-order valence-corrected chi connectivity index (χ3v) is 3.41. The summed E-state index contributed by atoms with van der Waals surface area (Å²) in [5.41, 5.74) is 2.00. The number of methoxy groups -OCH3 is 2. The van der Waals surface area contributed by atoms with Crippen molar-refractivity contribution in [2.24, 2.45) is 0 Å². The van der Waals surface area contributed by atoms with Crippen molar-refractivity contribution >= 4 is 12.0 Å². The van der Waals surface area contributed by atoms with Crippen LogP contribution in [-0.4, -0.2) is 26.7 Å². The van der Waals surface area contributed by atoms with Crippen LogP contribution in [0, 0.1) is 0 Å². The van der Waals surface area contributed by atoms with Crippen LogP contribution in [0.2, 0.25) is 0 Å². The van der Waals surface area contributed by atoms with Crippen LogP contribution in [0.1, 0.15) is 11.1 Å². The first kappa shape index (κ1) is 16.6.